The first-order valence-corrected chi connectivity index (χ1v) is 4.63. The summed E-state index contributed by atoms with van der Waals surface area (Å²) in [4.78, 5) is 11.1. The topological polar surface area (TPSA) is 26.3 Å². The van der Waals surface area contributed by atoms with Crippen LogP contribution in [0.4, 0.5) is 4.39 Å². The largest absolute Gasteiger partial charge is 0.465 e. The fraction of sp³-hybridized carbons (Fsp3) is 0.364. The molecule has 0 aromatic heterocycles. The van der Waals surface area contributed by atoms with Gasteiger partial charge in [0, 0.05) is 0 Å². The molecule has 1 rings (SSSR count). The van der Waals surface area contributed by atoms with E-state index in [-0.39, 0.29) is 18.2 Å². The number of rotatable bonds is 4. The van der Waals surface area contributed by atoms with E-state index >= 15 is 0 Å². The fourth-order valence-corrected chi connectivity index (χ4v) is 1.06. The van der Waals surface area contributed by atoms with Crippen molar-refractivity contribution in [3.63, 3.8) is 0 Å². The van der Waals surface area contributed by atoms with E-state index < -0.39 is 0 Å². The van der Waals surface area contributed by atoms with Gasteiger partial charge in [0.05, 0.1) is 13.0 Å². The lowest BCUT2D eigenvalue weighted by molar-refractivity contribution is -0.142. The van der Waals surface area contributed by atoms with E-state index in [4.69, 9.17) is 4.74 Å². The Morgan fingerprint density at radius 1 is 1.43 bits per heavy atom. The molecule has 0 N–H and O–H groups in total. The highest BCUT2D eigenvalue weighted by molar-refractivity contribution is 5.72. The quantitative estimate of drug-likeness (QED) is 0.691. The molecule has 76 valence electrons. The van der Waals surface area contributed by atoms with Gasteiger partial charge in [0.15, 0.2) is 0 Å². The lowest BCUT2D eigenvalue weighted by atomic mass is 10.1. The summed E-state index contributed by atoms with van der Waals surface area (Å²) in [6, 6.07) is 6.21. The Balaban J connectivity index is 2.52. The average Bonchev–Trinajstić information content (AvgIpc) is 2.18. The molecule has 0 heterocycles. The minimum absolute atomic E-state index is 0.00662. The second kappa shape index (κ2) is 5.37. The van der Waals surface area contributed by atoms with E-state index in [2.05, 4.69) is 0 Å². The molecule has 0 spiro atoms. The Morgan fingerprint density at radius 2 is 2.14 bits per heavy atom. The predicted octanol–water partition coefficient (Wildman–Crippen LogP) is 2.32. The van der Waals surface area contributed by atoms with Crippen molar-refractivity contribution < 1.29 is 13.9 Å². The summed E-state index contributed by atoms with van der Waals surface area (Å²) in [6.45, 7) is 2.31. The van der Waals surface area contributed by atoms with E-state index in [0.717, 1.165) is 6.42 Å². The molecule has 3 heteroatoms. The second-order valence-electron chi connectivity index (χ2n) is 2.99. The number of hydrogen-bond acceptors (Lipinski definition) is 2. The Hall–Kier alpha value is -1.38. The Morgan fingerprint density at radius 3 is 2.79 bits per heavy atom. The van der Waals surface area contributed by atoms with E-state index in [1.165, 1.54) is 6.07 Å². The third-order valence-corrected chi connectivity index (χ3v) is 1.76. The molecule has 0 saturated heterocycles. The number of esters is 1. The van der Waals surface area contributed by atoms with Crippen molar-refractivity contribution in [2.24, 2.45) is 0 Å². The van der Waals surface area contributed by atoms with Gasteiger partial charge in [-0.3, -0.25) is 4.79 Å². The van der Waals surface area contributed by atoms with Gasteiger partial charge in [-0.25, -0.2) is 4.39 Å². The molecule has 0 radical (unpaired) electrons. The molecule has 14 heavy (non-hydrogen) atoms. The number of carbonyl (C=O) groups excluding carboxylic acids is 1. The summed E-state index contributed by atoms with van der Waals surface area (Å²) in [6.07, 6.45) is 0.787. The molecule has 0 aliphatic carbocycles. The zero-order valence-corrected chi connectivity index (χ0v) is 8.13. The molecule has 0 saturated carbocycles. The van der Waals surface area contributed by atoms with E-state index in [1.807, 2.05) is 6.92 Å². The van der Waals surface area contributed by atoms with Gasteiger partial charge in [0.1, 0.15) is 5.82 Å². The highest BCUT2D eigenvalue weighted by Gasteiger charge is 2.07. The lowest BCUT2D eigenvalue weighted by Crippen LogP contribution is -2.09. The van der Waals surface area contributed by atoms with Crippen LogP contribution in [0.5, 0.6) is 0 Å². The summed E-state index contributed by atoms with van der Waals surface area (Å²) in [5.41, 5.74) is 0.383. The van der Waals surface area contributed by atoms with Crippen molar-refractivity contribution in [3.05, 3.63) is 35.6 Å². The molecule has 1 aromatic carbocycles. The standard InChI is InChI=1S/C11H13FO2/c1-2-7-14-11(13)8-9-5-3-4-6-10(9)12/h3-6H,2,7-8H2,1H3. The van der Waals surface area contributed by atoms with E-state index in [1.54, 1.807) is 18.2 Å². The number of benzene rings is 1. The van der Waals surface area contributed by atoms with Crippen LogP contribution in [0.25, 0.3) is 0 Å². The Kier molecular flexibility index (Phi) is 4.11. The van der Waals surface area contributed by atoms with Crippen LogP contribution in [0, 0.1) is 5.82 Å². The molecule has 0 bridgehead atoms. The van der Waals surface area contributed by atoms with Crippen molar-refractivity contribution in [1.82, 2.24) is 0 Å². The van der Waals surface area contributed by atoms with E-state index in [0.29, 0.717) is 12.2 Å². The van der Waals surface area contributed by atoms with Crippen LogP contribution in [0.1, 0.15) is 18.9 Å². The maximum Gasteiger partial charge on any atom is 0.310 e. The van der Waals surface area contributed by atoms with Crippen LogP contribution in [0.15, 0.2) is 24.3 Å². The van der Waals surface area contributed by atoms with Crippen LogP contribution >= 0.6 is 0 Å². The van der Waals surface area contributed by atoms with Crippen LogP contribution in [-0.4, -0.2) is 12.6 Å². The van der Waals surface area contributed by atoms with Crippen molar-refractivity contribution in [3.8, 4) is 0 Å². The highest BCUT2D eigenvalue weighted by atomic mass is 19.1. The molecule has 0 aliphatic heterocycles. The minimum Gasteiger partial charge on any atom is -0.465 e. The van der Waals surface area contributed by atoms with Crippen LogP contribution < -0.4 is 0 Å². The monoisotopic (exact) mass is 196 g/mol. The third-order valence-electron chi connectivity index (χ3n) is 1.76. The van der Waals surface area contributed by atoms with Crippen LogP contribution in [0.3, 0.4) is 0 Å². The maximum absolute atomic E-state index is 13.1. The van der Waals surface area contributed by atoms with Gasteiger partial charge in [0.2, 0.25) is 0 Å². The summed E-state index contributed by atoms with van der Waals surface area (Å²) >= 11 is 0. The third kappa shape index (κ3) is 3.17. The Labute approximate surface area is 82.7 Å². The van der Waals surface area contributed by atoms with E-state index in [9.17, 15) is 9.18 Å². The van der Waals surface area contributed by atoms with Crippen molar-refractivity contribution in [1.29, 1.82) is 0 Å². The highest BCUT2D eigenvalue weighted by Crippen LogP contribution is 2.07. The van der Waals surface area contributed by atoms with Crippen molar-refractivity contribution in [2.75, 3.05) is 6.61 Å². The minimum atomic E-state index is -0.378. The molecule has 0 unspecified atom stereocenters. The number of carbonyl (C=O) groups is 1. The van der Waals surface area contributed by atoms with Gasteiger partial charge in [-0.05, 0) is 18.1 Å². The molecular weight excluding hydrogens is 183 g/mol. The molecular formula is C11H13FO2. The average molecular weight is 196 g/mol. The normalized spacial score (nSPS) is 9.86. The van der Waals surface area contributed by atoms with Gasteiger partial charge < -0.3 is 4.74 Å². The first-order valence-electron chi connectivity index (χ1n) is 4.63. The number of hydrogen-bond donors (Lipinski definition) is 0. The summed E-state index contributed by atoms with van der Waals surface area (Å²) < 4.78 is 17.9. The summed E-state index contributed by atoms with van der Waals surface area (Å²) in [5, 5.41) is 0. The van der Waals surface area contributed by atoms with Crippen LogP contribution in [-0.2, 0) is 16.0 Å². The van der Waals surface area contributed by atoms with Gasteiger partial charge in [-0.2, -0.15) is 0 Å². The SMILES string of the molecule is CCCOC(=O)Cc1ccccc1F. The maximum atomic E-state index is 13.1. The number of ether oxygens (including phenoxy) is 1. The zero-order chi connectivity index (χ0) is 10.4. The number of halogens is 1. The van der Waals surface area contributed by atoms with Gasteiger partial charge >= 0.3 is 5.97 Å². The molecule has 0 fully saturated rings. The van der Waals surface area contributed by atoms with Gasteiger partial charge in [-0.1, -0.05) is 25.1 Å². The predicted molar refractivity (Wildman–Crippen MR) is 51.4 cm³/mol. The van der Waals surface area contributed by atoms with Gasteiger partial charge in [-0.15, -0.1) is 0 Å². The molecule has 2 nitrogen and oxygen atoms in total. The zero-order valence-electron chi connectivity index (χ0n) is 8.13. The molecule has 0 atom stereocenters. The summed E-state index contributed by atoms with van der Waals surface area (Å²) in [7, 11) is 0. The smallest absolute Gasteiger partial charge is 0.310 e. The fourth-order valence-electron chi connectivity index (χ4n) is 1.06. The summed E-state index contributed by atoms with van der Waals surface area (Å²) in [5.74, 6) is -0.738. The molecule has 1 aromatic rings. The van der Waals surface area contributed by atoms with Crippen molar-refractivity contribution in [2.45, 2.75) is 19.8 Å². The first kappa shape index (κ1) is 10.7. The Bertz CT molecular complexity index is 310. The lowest BCUT2D eigenvalue weighted by Gasteiger charge is -2.03. The second-order valence-corrected chi connectivity index (χ2v) is 2.99. The first-order chi connectivity index (χ1) is 6.74. The van der Waals surface area contributed by atoms with Gasteiger partial charge in [0.25, 0.3) is 0 Å². The van der Waals surface area contributed by atoms with Crippen LogP contribution in [0.2, 0.25) is 0 Å². The molecule has 0 amide bonds. The molecule has 0 aliphatic rings. The van der Waals surface area contributed by atoms with Crippen molar-refractivity contribution >= 4 is 5.97 Å².